The number of aromatic nitrogens is 4. The molecule has 1 fully saturated rings. The number of hydrogen-bond acceptors (Lipinski definition) is 8. The second kappa shape index (κ2) is 9.21. The number of methoxy groups -OCH3 is 1. The lowest BCUT2D eigenvalue weighted by atomic mass is 10.0. The molecule has 1 saturated heterocycles. The molecule has 3 aromatic heterocycles. The smallest absolute Gasteiger partial charge is 0.323 e. The molecule has 168 valence electrons. The van der Waals surface area contributed by atoms with E-state index in [9.17, 15) is 4.79 Å². The molecule has 1 unspecified atom stereocenters. The van der Waals surface area contributed by atoms with Crippen molar-refractivity contribution in [1.29, 1.82) is 0 Å². The van der Waals surface area contributed by atoms with E-state index in [4.69, 9.17) is 26.4 Å². The number of pyridine rings is 2. The van der Waals surface area contributed by atoms with Crippen LogP contribution in [-0.4, -0.2) is 50.3 Å². The molecule has 4 heterocycles. The van der Waals surface area contributed by atoms with E-state index in [0.717, 1.165) is 53.7 Å². The number of carbonyl (C=O) groups excluding carboxylic acids is 1. The van der Waals surface area contributed by atoms with Crippen LogP contribution < -0.4 is 0 Å². The molecule has 0 radical (unpaired) electrons. The Morgan fingerprint density at radius 3 is 2.85 bits per heavy atom. The fraction of sp³-hybridized carbons (Fsp3) is 0.292. The average molecular weight is 462 g/mol. The predicted molar refractivity (Wildman–Crippen MR) is 126 cm³/mol. The number of ether oxygens (including phenoxy) is 1. The molecule has 0 bridgehead atoms. The van der Waals surface area contributed by atoms with E-state index in [1.807, 2.05) is 53.4 Å². The topological polar surface area (TPSA) is 86.3 Å². The van der Waals surface area contributed by atoms with E-state index in [1.165, 1.54) is 7.11 Å². The van der Waals surface area contributed by atoms with Crippen molar-refractivity contribution in [2.45, 2.75) is 32.0 Å². The Morgan fingerprint density at radius 2 is 2.03 bits per heavy atom. The number of likely N-dealkylation sites (tertiary alicyclic amines) is 1. The molecule has 8 nitrogen and oxygen atoms in total. The Balaban J connectivity index is 1.54. The van der Waals surface area contributed by atoms with Crippen LogP contribution in [0.25, 0.3) is 33.7 Å². The van der Waals surface area contributed by atoms with Crippen LogP contribution in [-0.2, 0) is 16.2 Å². The Hall–Kier alpha value is -3.43. The average Bonchev–Trinajstić information content (AvgIpc) is 3.23. The van der Waals surface area contributed by atoms with Gasteiger partial charge in [0.1, 0.15) is 6.04 Å². The summed E-state index contributed by atoms with van der Waals surface area (Å²) >= 11 is 5.49. The first kappa shape index (κ1) is 21.4. The number of fused-ring (bicyclic) bond motifs is 1. The van der Waals surface area contributed by atoms with Crippen molar-refractivity contribution in [3.8, 4) is 22.8 Å². The van der Waals surface area contributed by atoms with E-state index in [0.29, 0.717) is 12.6 Å². The van der Waals surface area contributed by atoms with Crippen molar-refractivity contribution in [2.24, 2.45) is 0 Å². The maximum Gasteiger partial charge on any atom is 0.323 e. The van der Waals surface area contributed by atoms with E-state index in [1.54, 1.807) is 10.9 Å². The van der Waals surface area contributed by atoms with E-state index >= 15 is 0 Å². The number of para-hydroxylation sites is 1. The molecule has 4 aromatic rings. The molecule has 5 rings (SSSR count). The fourth-order valence-corrected chi connectivity index (χ4v) is 4.42. The normalized spacial score (nSPS) is 16.7. The van der Waals surface area contributed by atoms with Gasteiger partial charge in [-0.2, -0.15) is 0 Å². The summed E-state index contributed by atoms with van der Waals surface area (Å²) in [5.41, 5.74) is 3.08. The lowest BCUT2D eigenvalue weighted by Crippen LogP contribution is -2.46. The Bertz CT molecular complexity index is 1350. The zero-order valence-corrected chi connectivity index (χ0v) is 19.0. The summed E-state index contributed by atoms with van der Waals surface area (Å²) in [6, 6.07) is 15.2. The summed E-state index contributed by atoms with van der Waals surface area (Å²) in [7, 11) is 1.42. The van der Waals surface area contributed by atoms with Gasteiger partial charge < -0.3 is 9.15 Å². The third-order valence-corrected chi connectivity index (χ3v) is 6.18. The first-order valence-electron chi connectivity index (χ1n) is 10.9. The van der Waals surface area contributed by atoms with Crippen molar-refractivity contribution < 1.29 is 13.9 Å². The minimum atomic E-state index is -0.302. The van der Waals surface area contributed by atoms with Gasteiger partial charge in [-0.05, 0) is 49.3 Å². The highest BCUT2D eigenvalue weighted by molar-refractivity contribution is 7.71. The van der Waals surface area contributed by atoms with Crippen LogP contribution in [0.2, 0.25) is 0 Å². The van der Waals surface area contributed by atoms with Crippen LogP contribution in [0.5, 0.6) is 0 Å². The highest BCUT2D eigenvalue weighted by Crippen LogP contribution is 2.31. The van der Waals surface area contributed by atoms with Gasteiger partial charge in [-0.15, -0.1) is 5.10 Å². The van der Waals surface area contributed by atoms with Gasteiger partial charge >= 0.3 is 5.97 Å². The summed E-state index contributed by atoms with van der Waals surface area (Å²) in [5, 5.41) is 5.59. The molecule has 0 amide bonds. The Kier molecular flexibility index (Phi) is 5.97. The first-order valence-corrected chi connectivity index (χ1v) is 11.3. The molecule has 0 spiro atoms. The van der Waals surface area contributed by atoms with Crippen molar-refractivity contribution in [3.05, 3.63) is 59.6 Å². The summed E-state index contributed by atoms with van der Waals surface area (Å²) < 4.78 is 12.6. The quantitative estimate of drug-likeness (QED) is 0.318. The standard InChI is InChI=1S/C24H23N5O3S/c1-31-23(30)21-11-5-7-13-28(21)15-29-24(33)32-22(27-29)17-14-20(19-10-4-6-12-25-19)26-18-9-3-2-8-16(17)18/h2-4,6,8-10,12,14,21H,5,7,11,13,15H2,1H3. The molecule has 1 atom stereocenters. The number of carbonyl (C=O) groups is 1. The van der Waals surface area contributed by atoms with Gasteiger partial charge in [0, 0.05) is 18.1 Å². The lowest BCUT2D eigenvalue weighted by molar-refractivity contribution is -0.149. The van der Waals surface area contributed by atoms with Crippen LogP contribution in [0.3, 0.4) is 0 Å². The SMILES string of the molecule is COC(=O)C1CCCCN1Cn1nc(-c2cc(-c3ccccn3)nc3ccccc23)oc1=S. The van der Waals surface area contributed by atoms with Crippen LogP contribution in [0.15, 0.2) is 59.1 Å². The number of benzene rings is 1. The fourth-order valence-electron chi connectivity index (χ4n) is 4.24. The van der Waals surface area contributed by atoms with E-state index in [2.05, 4.69) is 10.1 Å². The minimum Gasteiger partial charge on any atom is -0.468 e. The highest BCUT2D eigenvalue weighted by atomic mass is 32.1. The molecule has 1 aromatic carbocycles. The van der Waals surface area contributed by atoms with Crippen molar-refractivity contribution in [1.82, 2.24) is 24.6 Å². The van der Waals surface area contributed by atoms with Gasteiger partial charge in [-0.25, -0.2) is 9.67 Å². The van der Waals surface area contributed by atoms with Crippen molar-refractivity contribution >= 4 is 29.1 Å². The number of piperidine rings is 1. The second-order valence-corrected chi connectivity index (χ2v) is 8.30. The third kappa shape index (κ3) is 4.29. The van der Waals surface area contributed by atoms with Crippen LogP contribution in [0, 0.1) is 4.84 Å². The molecule has 1 aliphatic rings. The van der Waals surface area contributed by atoms with Gasteiger partial charge in [-0.3, -0.25) is 14.7 Å². The maximum absolute atomic E-state index is 12.2. The van der Waals surface area contributed by atoms with Crippen molar-refractivity contribution in [3.63, 3.8) is 0 Å². The number of nitrogens with zero attached hydrogens (tertiary/aromatic N) is 5. The van der Waals surface area contributed by atoms with Crippen molar-refractivity contribution in [2.75, 3.05) is 13.7 Å². The molecule has 0 saturated carbocycles. The molecule has 0 aliphatic carbocycles. The highest BCUT2D eigenvalue weighted by Gasteiger charge is 2.30. The zero-order chi connectivity index (χ0) is 22.8. The van der Waals surface area contributed by atoms with E-state index < -0.39 is 0 Å². The summed E-state index contributed by atoms with van der Waals surface area (Å²) in [5.74, 6) is 0.174. The number of hydrogen-bond donors (Lipinski definition) is 0. The number of rotatable bonds is 5. The van der Waals surface area contributed by atoms with Gasteiger partial charge in [0.2, 0.25) is 5.89 Å². The zero-order valence-electron chi connectivity index (χ0n) is 18.2. The van der Waals surface area contributed by atoms with Crippen LogP contribution in [0.1, 0.15) is 19.3 Å². The first-order chi connectivity index (χ1) is 16.1. The third-order valence-electron chi connectivity index (χ3n) is 5.88. The maximum atomic E-state index is 12.2. The van der Waals surface area contributed by atoms with Crippen LogP contribution >= 0.6 is 12.2 Å². The molecule has 0 N–H and O–H groups in total. The minimum absolute atomic E-state index is 0.231. The van der Waals surface area contributed by atoms with E-state index in [-0.39, 0.29) is 16.8 Å². The Labute approximate surface area is 195 Å². The van der Waals surface area contributed by atoms with Crippen LogP contribution in [0.4, 0.5) is 0 Å². The lowest BCUT2D eigenvalue weighted by Gasteiger charge is -2.32. The summed E-state index contributed by atoms with van der Waals surface area (Å²) in [6.07, 6.45) is 4.49. The summed E-state index contributed by atoms with van der Waals surface area (Å²) in [6.45, 7) is 1.13. The monoisotopic (exact) mass is 461 g/mol. The largest absolute Gasteiger partial charge is 0.468 e. The molecular weight excluding hydrogens is 438 g/mol. The van der Waals surface area contributed by atoms with Gasteiger partial charge in [-0.1, -0.05) is 30.7 Å². The predicted octanol–water partition coefficient (Wildman–Crippen LogP) is 4.47. The molecular formula is C24H23N5O3S. The molecule has 1 aliphatic heterocycles. The van der Waals surface area contributed by atoms with Gasteiger partial charge in [0.05, 0.1) is 36.2 Å². The Morgan fingerprint density at radius 1 is 1.18 bits per heavy atom. The second-order valence-electron chi connectivity index (χ2n) is 7.95. The van der Waals surface area contributed by atoms with Gasteiger partial charge in [0.25, 0.3) is 4.84 Å². The summed E-state index contributed by atoms with van der Waals surface area (Å²) in [4.78, 5) is 23.7. The van der Waals surface area contributed by atoms with Gasteiger partial charge in [0.15, 0.2) is 0 Å². The number of esters is 1. The molecule has 33 heavy (non-hydrogen) atoms. The molecule has 9 heteroatoms.